The third-order valence-corrected chi connectivity index (χ3v) is 5.89. The zero-order chi connectivity index (χ0) is 21.0. The van der Waals surface area contributed by atoms with Crippen LogP contribution in [0.2, 0.25) is 15.1 Å². The molecule has 1 aliphatic heterocycles. The first-order chi connectivity index (χ1) is 13.9. The second kappa shape index (κ2) is 9.66. The maximum Gasteiger partial charge on any atom is 0.246 e. The van der Waals surface area contributed by atoms with E-state index in [0.29, 0.717) is 54.1 Å². The number of hydrogen-bond donors (Lipinski definition) is 0. The summed E-state index contributed by atoms with van der Waals surface area (Å²) in [5.41, 5.74) is 2.55. The molecule has 152 valence electrons. The fourth-order valence-electron chi connectivity index (χ4n) is 3.35. The van der Waals surface area contributed by atoms with E-state index in [1.165, 1.54) is 6.08 Å². The minimum atomic E-state index is -0.0922. The largest absolute Gasteiger partial charge is 0.339 e. The predicted octanol–water partition coefficient (Wildman–Crippen LogP) is 5.10. The van der Waals surface area contributed by atoms with Gasteiger partial charge in [0, 0.05) is 58.8 Å². The van der Waals surface area contributed by atoms with Crippen molar-refractivity contribution in [1.29, 1.82) is 0 Å². The van der Waals surface area contributed by atoms with Crippen molar-refractivity contribution < 1.29 is 9.59 Å². The van der Waals surface area contributed by atoms with Crippen LogP contribution in [0.5, 0.6) is 0 Å². The van der Waals surface area contributed by atoms with E-state index in [1.807, 2.05) is 18.2 Å². The Labute approximate surface area is 185 Å². The number of benzene rings is 2. The number of halogens is 3. The highest BCUT2D eigenvalue weighted by Crippen LogP contribution is 2.35. The molecular weight excluding hydrogens is 431 g/mol. The van der Waals surface area contributed by atoms with Crippen molar-refractivity contribution in [2.75, 3.05) is 26.2 Å². The average Bonchev–Trinajstić information content (AvgIpc) is 2.74. The topological polar surface area (TPSA) is 40.6 Å². The third kappa shape index (κ3) is 5.33. The number of aryl methyl sites for hydroxylation is 1. The van der Waals surface area contributed by atoms with Crippen LogP contribution in [0.25, 0.3) is 11.1 Å². The smallest absolute Gasteiger partial charge is 0.246 e. The van der Waals surface area contributed by atoms with Gasteiger partial charge in [-0.1, -0.05) is 47.4 Å². The van der Waals surface area contributed by atoms with E-state index < -0.39 is 0 Å². The Morgan fingerprint density at radius 2 is 1.48 bits per heavy atom. The summed E-state index contributed by atoms with van der Waals surface area (Å²) in [5.74, 6) is -0.0153. The van der Waals surface area contributed by atoms with E-state index in [-0.39, 0.29) is 11.8 Å². The van der Waals surface area contributed by atoms with Gasteiger partial charge in [0.25, 0.3) is 0 Å². The molecule has 0 saturated carbocycles. The van der Waals surface area contributed by atoms with Crippen molar-refractivity contribution in [2.45, 2.75) is 12.8 Å². The highest BCUT2D eigenvalue weighted by molar-refractivity contribution is 6.37. The zero-order valence-corrected chi connectivity index (χ0v) is 18.1. The molecule has 3 rings (SSSR count). The van der Waals surface area contributed by atoms with Gasteiger partial charge in [-0.15, -0.1) is 0 Å². The number of carbonyl (C=O) groups excluding carboxylic acids is 2. The molecule has 7 heteroatoms. The van der Waals surface area contributed by atoms with Crippen LogP contribution in [0, 0.1) is 0 Å². The Morgan fingerprint density at radius 1 is 0.897 bits per heavy atom. The molecule has 0 spiro atoms. The van der Waals surface area contributed by atoms with E-state index in [4.69, 9.17) is 34.8 Å². The second-order valence-electron chi connectivity index (χ2n) is 6.85. The molecule has 2 aromatic rings. The predicted molar refractivity (Wildman–Crippen MR) is 119 cm³/mol. The molecule has 1 heterocycles. The molecule has 2 amide bonds. The summed E-state index contributed by atoms with van der Waals surface area (Å²) < 4.78 is 0. The van der Waals surface area contributed by atoms with Crippen LogP contribution < -0.4 is 0 Å². The fourth-order valence-corrected chi connectivity index (χ4v) is 3.96. The van der Waals surface area contributed by atoms with Crippen LogP contribution in [-0.2, 0) is 16.0 Å². The summed E-state index contributed by atoms with van der Waals surface area (Å²) in [6.07, 6.45) is 2.29. The van der Waals surface area contributed by atoms with Crippen LogP contribution in [0.1, 0.15) is 12.0 Å². The van der Waals surface area contributed by atoms with Crippen LogP contribution in [-0.4, -0.2) is 47.8 Å². The zero-order valence-electron chi connectivity index (χ0n) is 15.8. The molecule has 0 unspecified atom stereocenters. The summed E-state index contributed by atoms with van der Waals surface area (Å²) in [7, 11) is 0. The molecule has 1 aliphatic rings. The number of rotatable bonds is 5. The van der Waals surface area contributed by atoms with Gasteiger partial charge in [-0.25, -0.2) is 0 Å². The Balaban J connectivity index is 1.64. The number of carbonyl (C=O) groups is 2. The van der Waals surface area contributed by atoms with Crippen molar-refractivity contribution in [2.24, 2.45) is 0 Å². The lowest BCUT2D eigenvalue weighted by Gasteiger charge is -2.34. The molecule has 4 nitrogen and oxygen atoms in total. The minimum absolute atomic E-state index is 0.0768. The molecule has 0 bridgehead atoms. The van der Waals surface area contributed by atoms with Crippen molar-refractivity contribution in [1.82, 2.24) is 9.80 Å². The van der Waals surface area contributed by atoms with Gasteiger partial charge in [-0.3, -0.25) is 9.59 Å². The lowest BCUT2D eigenvalue weighted by molar-refractivity contribution is -0.137. The third-order valence-electron chi connectivity index (χ3n) is 5.00. The number of nitrogens with zero attached hydrogens (tertiary/aromatic N) is 2. The Hall–Kier alpha value is -2.01. The molecule has 0 radical (unpaired) electrons. The monoisotopic (exact) mass is 450 g/mol. The molecule has 2 aromatic carbocycles. The highest BCUT2D eigenvalue weighted by Gasteiger charge is 2.22. The van der Waals surface area contributed by atoms with Gasteiger partial charge in [0.1, 0.15) is 0 Å². The molecule has 0 N–H and O–H groups in total. The number of amides is 2. The standard InChI is InChI=1S/C22H21Cl3N2O2/c1-2-21(28)26-9-11-27(12-10-26)22(29)8-4-15-3-6-19(24)17(13-15)18-14-16(23)5-7-20(18)25/h2-3,5-7,13-14H,1,4,8-12H2. The Kier molecular flexibility index (Phi) is 7.23. The van der Waals surface area contributed by atoms with E-state index in [0.717, 1.165) is 16.7 Å². The highest BCUT2D eigenvalue weighted by atomic mass is 35.5. The fraction of sp³-hybridized carbons (Fsp3) is 0.273. The van der Waals surface area contributed by atoms with E-state index in [1.54, 1.807) is 28.0 Å². The molecule has 0 aliphatic carbocycles. The van der Waals surface area contributed by atoms with Crippen LogP contribution in [0.3, 0.4) is 0 Å². The summed E-state index contributed by atoms with van der Waals surface area (Å²) in [5, 5.41) is 1.72. The average molecular weight is 452 g/mol. The summed E-state index contributed by atoms with van der Waals surface area (Å²) in [6.45, 7) is 5.66. The van der Waals surface area contributed by atoms with E-state index in [9.17, 15) is 9.59 Å². The van der Waals surface area contributed by atoms with Crippen molar-refractivity contribution in [3.05, 3.63) is 69.7 Å². The summed E-state index contributed by atoms with van der Waals surface area (Å²) in [4.78, 5) is 27.7. The van der Waals surface area contributed by atoms with Gasteiger partial charge in [0.2, 0.25) is 11.8 Å². The van der Waals surface area contributed by atoms with Crippen molar-refractivity contribution >= 4 is 46.6 Å². The molecule has 0 aromatic heterocycles. The second-order valence-corrected chi connectivity index (χ2v) is 8.10. The minimum Gasteiger partial charge on any atom is -0.339 e. The number of hydrogen-bond acceptors (Lipinski definition) is 2. The molecule has 1 saturated heterocycles. The lowest BCUT2D eigenvalue weighted by Crippen LogP contribution is -2.50. The van der Waals surface area contributed by atoms with Crippen molar-refractivity contribution in [3.63, 3.8) is 0 Å². The maximum absolute atomic E-state index is 12.6. The number of piperazine rings is 1. The van der Waals surface area contributed by atoms with Gasteiger partial charge in [-0.2, -0.15) is 0 Å². The molecule has 29 heavy (non-hydrogen) atoms. The maximum atomic E-state index is 12.6. The van der Waals surface area contributed by atoms with Gasteiger partial charge in [0.05, 0.1) is 0 Å². The van der Waals surface area contributed by atoms with Gasteiger partial charge in [-0.05, 0) is 48.4 Å². The van der Waals surface area contributed by atoms with Crippen molar-refractivity contribution in [3.8, 4) is 11.1 Å². The van der Waals surface area contributed by atoms with E-state index in [2.05, 4.69) is 6.58 Å². The lowest BCUT2D eigenvalue weighted by atomic mass is 10.0. The first-order valence-corrected chi connectivity index (χ1v) is 10.5. The van der Waals surface area contributed by atoms with Gasteiger partial charge in [0.15, 0.2) is 0 Å². The molecule has 0 atom stereocenters. The van der Waals surface area contributed by atoms with Gasteiger partial charge < -0.3 is 9.80 Å². The normalized spacial score (nSPS) is 14.0. The quantitative estimate of drug-likeness (QED) is 0.593. The molecule has 1 fully saturated rings. The van der Waals surface area contributed by atoms with E-state index >= 15 is 0 Å². The Bertz CT molecular complexity index is 938. The summed E-state index contributed by atoms with van der Waals surface area (Å²) in [6, 6.07) is 10.9. The first-order valence-electron chi connectivity index (χ1n) is 9.32. The molecular formula is C22H21Cl3N2O2. The summed E-state index contributed by atoms with van der Waals surface area (Å²) >= 11 is 18.8. The van der Waals surface area contributed by atoms with Crippen LogP contribution in [0.15, 0.2) is 49.1 Å². The van der Waals surface area contributed by atoms with Crippen LogP contribution >= 0.6 is 34.8 Å². The Morgan fingerprint density at radius 3 is 2.14 bits per heavy atom. The SMILES string of the molecule is C=CC(=O)N1CCN(C(=O)CCc2ccc(Cl)c(-c3cc(Cl)ccc3Cl)c2)CC1. The van der Waals surface area contributed by atoms with Gasteiger partial charge >= 0.3 is 0 Å². The first kappa shape index (κ1) is 21.7. The van der Waals surface area contributed by atoms with Crippen LogP contribution in [0.4, 0.5) is 0 Å².